The average Bonchev–Trinajstić information content (AvgIpc) is 2.44. The highest BCUT2D eigenvalue weighted by Gasteiger charge is 2.08. The number of hydrogen-bond acceptors (Lipinski definition) is 3. The summed E-state index contributed by atoms with van der Waals surface area (Å²) in [4.78, 5) is 12.0. The fourth-order valence-corrected chi connectivity index (χ4v) is 2.09. The summed E-state index contributed by atoms with van der Waals surface area (Å²) in [6.45, 7) is 0. The quantitative estimate of drug-likeness (QED) is 0.843. The molecule has 0 radical (unpaired) electrons. The van der Waals surface area contributed by atoms with Crippen molar-refractivity contribution >= 4 is 33.2 Å². The lowest BCUT2D eigenvalue weighted by atomic mass is 10.1. The number of methoxy groups -OCH3 is 1. The van der Waals surface area contributed by atoms with Gasteiger partial charge in [0.05, 0.1) is 19.2 Å². The molecule has 0 bridgehead atoms. The standard InChI is InChI=1S/C15H15BrN2O2/c1-20-12-6-7-13(16)14(9-12)18-15(19)8-10-2-4-11(17)5-3-10/h2-7,9H,8,17H2,1H3,(H,18,19). The summed E-state index contributed by atoms with van der Waals surface area (Å²) in [5.74, 6) is 0.597. The van der Waals surface area contributed by atoms with Gasteiger partial charge in [0.25, 0.3) is 0 Å². The minimum absolute atomic E-state index is 0.0938. The third-order valence-electron chi connectivity index (χ3n) is 2.79. The molecule has 0 unspecified atom stereocenters. The van der Waals surface area contributed by atoms with E-state index in [0.29, 0.717) is 23.5 Å². The lowest BCUT2D eigenvalue weighted by Crippen LogP contribution is -2.14. The Morgan fingerprint density at radius 2 is 1.95 bits per heavy atom. The van der Waals surface area contributed by atoms with Gasteiger partial charge >= 0.3 is 0 Å². The third kappa shape index (κ3) is 3.74. The zero-order valence-electron chi connectivity index (χ0n) is 11.0. The molecule has 4 nitrogen and oxygen atoms in total. The smallest absolute Gasteiger partial charge is 0.228 e. The van der Waals surface area contributed by atoms with Gasteiger partial charge in [0.2, 0.25) is 5.91 Å². The minimum atomic E-state index is -0.0938. The zero-order chi connectivity index (χ0) is 14.5. The Kier molecular flexibility index (Phi) is 4.63. The number of benzene rings is 2. The van der Waals surface area contributed by atoms with Crippen molar-refractivity contribution in [3.05, 3.63) is 52.5 Å². The summed E-state index contributed by atoms with van der Waals surface area (Å²) in [6.07, 6.45) is 0.296. The van der Waals surface area contributed by atoms with Crippen LogP contribution in [0, 0.1) is 0 Å². The van der Waals surface area contributed by atoms with E-state index < -0.39 is 0 Å². The summed E-state index contributed by atoms with van der Waals surface area (Å²) in [5.41, 5.74) is 7.89. The molecule has 0 saturated carbocycles. The Labute approximate surface area is 126 Å². The molecule has 2 aromatic carbocycles. The first kappa shape index (κ1) is 14.4. The third-order valence-corrected chi connectivity index (χ3v) is 3.48. The molecule has 0 aliphatic rings. The number of nitrogens with one attached hydrogen (secondary N) is 1. The summed E-state index contributed by atoms with van der Waals surface area (Å²) in [5, 5.41) is 2.85. The van der Waals surface area contributed by atoms with E-state index in [-0.39, 0.29) is 5.91 Å². The highest BCUT2D eigenvalue weighted by atomic mass is 79.9. The van der Waals surface area contributed by atoms with Gasteiger partial charge in [-0.15, -0.1) is 0 Å². The van der Waals surface area contributed by atoms with E-state index in [4.69, 9.17) is 10.5 Å². The predicted molar refractivity (Wildman–Crippen MR) is 83.9 cm³/mol. The molecular weight excluding hydrogens is 320 g/mol. The molecule has 3 N–H and O–H groups in total. The van der Waals surface area contributed by atoms with Crippen LogP contribution in [0.5, 0.6) is 5.75 Å². The van der Waals surface area contributed by atoms with E-state index in [1.54, 1.807) is 25.3 Å². The topological polar surface area (TPSA) is 64.3 Å². The predicted octanol–water partition coefficient (Wildman–Crippen LogP) is 3.22. The number of nitrogen functional groups attached to an aromatic ring is 1. The van der Waals surface area contributed by atoms with E-state index in [2.05, 4.69) is 21.2 Å². The highest BCUT2D eigenvalue weighted by molar-refractivity contribution is 9.10. The SMILES string of the molecule is COc1ccc(Br)c(NC(=O)Cc2ccc(N)cc2)c1. The van der Waals surface area contributed by atoms with Crippen LogP contribution >= 0.6 is 15.9 Å². The Bertz CT molecular complexity index is 612. The number of rotatable bonds is 4. The van der Waals surface area contributed by atoms with Crippen LogP contribution in [0.1, 0.15) is 5.56 Å². The fraction of sp³-hybridized carbons (Fsp3) is 0.133. The largest absolute Gasteiger partial charge is 0.497 e. The van der Waals surface area contributed by atoms with Crippen molar-refractivity contribution in [2.75, 3.05) is 18.2 Å². The molecule has 5 heteroatoms. The van der Waals surface area contributed by atoms with Gasteiger partial charge < -0.3 is 15.8 Å². The number of amides is 1. The number of ether oxygens (including phenoxy) is 1. The average molecular weight is 335 g/mol. The van der Waals surface area contributed by atoms with Crippen LogP contribution in [0.2, 0.25) is 0 Å². The molecule has 0 aromatic heterocycles. The number of halogens is 1. The summed E-state index contributed by atoms with van der Waals surface area (Å²) in [6, 6.07) is 12.7. The van der Waals surface area contributed by atoms with Crippen LogP contribution in [0.4, 0.5) is 11.4 Å². The number of carbonyl (C=O) groups is 1. The first-order valence-electron chi connectivity index (χ1n) is 6.06. The maximum Gasteiger partial charge on any atom is 0.228 e. The second-order valence-electron chi connectivity index (χ2n) is 4.31. The van der Waals surface area contributed by atoms with Crippen LogP contribution in [0.15, 0.2) is 46.9 Å². The Morgan fingerprint density at radius 3 is 2.60 bits per heavy atom. The van der Waals surface area contributed by atoms with Crippen LogP contribution in [0.25, 0.3) is 0 Å². The van der Waals surface area contributed by atoms with E-state index >= 15 is 0 Å². The first-order chi connectivity index (χ1) is 9.58. The van der Waals surface area contributed by atoms with Crippen molar-refractivity contribution in [2.45, 2.75) is 6.42 Å². The molecule has 1 amide bonds. The molecule has 0 fully saturated rings. The number of anilines is 2. The molecule has 0 aliphatic carbocycles. The summed E-state index contributed by atoms with van der Waals surface area (Å²) < 4.78 is 5.95. The van der Waals surface area contributed by atoms with Crippen molar-refractivity contribution in [3.63, 3.8) is 0 Å². The molecule has 0 aliphatic heterocycles. The van der Waals surface area contributed by atoms with Crippen molar-refractivity contribution in [2.24, 2.45) is 0 Å². The van der Waals surface area contributed by atoms with Gasteiger partial charge in [-0.1, -0.05) is 12.1 Å². The van der Waals surface area contributed by atoms with Gasteiger partial charge in [-0.05, 0) is 45.8 Å². The minimum Gasteiger partial charge on any atom is -0.497 e. The molecule has 104 valence electrons. The van der Waals surface area contributed by atoms with E-state index in [1.165, 1.54) is 0 Å². The molecule has 0 saturated heterocycles. The van der Waals surface area contributed by atoms with Crippen molar-refractivity contribution in [1.29, 1.82) is 0 Å². The van der Waals surface area contributed by atoms with Gasteiger partial charge in [0, 0.05) is 16.2 Å². The fourth-order valence-electron chi connectivity index (χ4n) is 1.74. The van der Waals surface area contributed by atoms with E-state index in [0.717, 1.165) is 10.0 Å². The highest BCUT2D eigenvalue weighted by Crippen LogP contribution is 2.27. The first-order valence-corrected chi connectivity index (χ1v) is 6.85. The van der Waals surface area contributed by atoms with Gasteiger partial charge in [-0.25, -0.2) is 0 Å². The van der Waals surface area contributed by atoms with Crippen molar-refractivity contribution in [3.8, 4) is 5.75 Å². The lowest BCUT2D eigenvalue weighted by molar-refractivity contribution is -0.115. The maximum absolute atomic E-state index is 12.0. The molecule has 0 heterocycles. The van der Waals surface area contributed by atoms with Crippen LogP contribution in [0.3, 0.4) is 0 Å². The van der Waals surface area contributed by atoms with Gasteiger partial charge in [0.15, 0.2) is 0 Å². The van der Waals surface area contributed by atoms with Crippen molar-refractivity contribution in [1.82, 2.24) is 0 Å². The summed E-state index contributed by atoms with van der Waals surface area (Å²) >= 11 is 3.40. The maximum atomic E-state index is 12.0. The summed E-state index contributed by atoms with van der Waals surface area (Å²) in [7, 11) is 1.59. The van der Waals surface area contributed by atoms with Crippen molar-refractivity contribution < 1.29 is 9.53 Å². The second-order valence-corrected chi connectivity index (χ2v) is 5.17. The molecular formula is C15H15BrN2O2. The van der Waals surface area contributed by atoms with Gasteiger partial charge in [0.1, 0.15) is 5.75 Å². The molecule has 20 heavy (non-hydrogen) atoms. The molecule has 2 rings (SSSR count). The Hall–Kier alpha value is -2.01. The Morgan fingerprint density at radius 1 is 1.25 bits per heavy atom. The normalized spacial score (nSPS) is 10.1. The molecule has 0 atom stereocenters. The second kappa shape index (κ2) is 6.43. The van der Waals surface area contributed by atoms with E-state index in [9.17, 15) is 4.79 Å². The van der Waals surface area contributed by atoms with Crippen LogP contribution < -0.4 is 15.8 Å². The zero-order valence-corrected chi connectivity index (χ0v) is 12.6. The van der Waals surface area contributed by atoms with Crippen LogP contribution in [-0.2, 0) is 11.2 Å². The Balaban J connectivity index is 2.06. The number of nitrogens with two attached hydrogens (primary N) is 1. The number of carbonyl (C=O) groups excluding carboxylic acids is 1. The van der Waals surface area contributed by atoms with Gasteiger partial charge in [-0.3, -0.25) is 4.79 Å². The molecule has 0 spiro atoms. The van der Waals surface area contributed by atoms with E-state index in [1.807, 2.05) is 24.3 Å². The molecule has 2 aromatic rings. The monoisotopic (exact) mass is 334 g/mol. The van der Waals surface area contributed by atoms with Crippen LogP contribution in [-0.4, -0.2) is 13.0 Å². The lowest BCUT2D eigenvalue weighted by Gasteiger charge is -2.09. The number of hydrogen-bond donors (Lipinski definition) is 2. The van der Waals surface area contributed by atoms with Gasteiger partial charge in [-0.2, -0.15) is 0 Å².